The van der Waals surface area contributed by atoms with Crippen molar-refractivity contribution in [3.63, 3.8) is 0 Å². The number of benzene rings is 8. The van der Waals surface area contributed by atoms with E-state index in [1.54, 1.807) is 0 Å². The predicted octanol–water partition coefficient (Wildman–Crippen LogP) is 12.4. The van der Waals surface area contributed by atoms with E-state index < -0.39 is 5.41 Å². The molecule has 1 aliphatic heterocycles. The van der Waals surface area contributed by atoms with Crippen molar-refractivity contribution in [3.8, 4) is 62.5 Å². The first-order valence-electron chi connectivity index (χ1n) is 19.3. The third-order valence-corrected chi connectivity index (χ3v) is 11.7. The van der Waals surface area contributed by atoms with Gasteiger partial charge in [0.25, 0.3) is 0 Å². The molecule has 2 aromatic heterocycles. The lowest BCUT2D eigenvalue weighted by molar-refractivity contribution is 0.437. The van der Waals surface area contributed by atoms with Crippen LogP contribution in [-0.2, 0) is 5.41 Å². The lowest BCUT2D eigenvalue weighted by Gasteiger charge is -2.39. The second kappa shape index (κ2) is 12.2. The van der Waals surface area contributed by atoms with Gasteiger partial charge in [0, 0.05) is 38.7 Å². The Balaban J connectivity index is 1.06. The monoisotopic (exact) mass is 728 g/mol. The molecule has 0 unspecified atom stereocenters. The maximum Gasteiger partial charge on any atom is 0.167 e. The van der Waals surface area contributed by atoms with Crippen molar-refractivity contribution < 1.29 is 4.74 Å². The fraction of sp³-hybridized carbons (Fsp3) is 0.0192. The van der Waals surface area contributed by atoms with Crippen LogP contribution in [0.1, 0.15) is 22.3 Å². The number of hydrogen-bond acceptors (Lipinski definition) is 4. The normalized spacial score (nSPS) is 13.2. The van der Waals surface area contributed by atoms with Gasteiger partial charge in [-0.2, -0.15) is 0 Å². The number of ether oxygens (including phenoxy) is 1. The molecule has 0 amide bonds. The summed E-state index contributed by atoms with van der Waals surface area (Å²) in [6, 6.07) is 68.2. The standard InChI is InChI=1S/C52H32N4O/c1-2-15-33(16-3-1)49-53-50(34-29-31-35(32-30-34)56-45-26-11-6-19-38(45)39-20-7-12-27-46(39)56)55-51(54-49)40-21-14-25-44-48(40)57-47-28-13-10-24-43(47)52(44)41-22-8-4-17-36(41)37-18-5-9-23-42(37)52/h1-32H. The molecule has 12 rings (SSSR count). The summed E-state index contributed by atoms with van der Waals surface area (Å²) in [7, 11) is 0. The lowest BCUT2D eigenvalue weighted by atomic mass is 9.66. The zero-order valence-electron chi connectivity index (χ0n) is 30.7. The molecule has 266 valence electrons. The molecular formula is C52H32N4O. The van der Waals surface area contributed by atoms with Crippen LogP contribution in [0.25, 0.3) is 72.8 Å². The van der Waals surface area contributed by atoms with Gasteiger partial charge in [0.2, 0.25) is 0 Å². The molecule has 2 aliphatic rings. The van der Waals surface area contributed by atoms with Crippen LogP contribution in [0.15, 0.2) is 194 Å². The Morgan fingerprint density at radius 1 is 0.368 bits per heavy atom. The highest BCUT2D eigenvalue weighted by atomic mass is 16.5. The van der Waals surface area contributed by atoms with Crippen LogP contribution in [0.3, 0.4) is 0 Å². The summed E-state index contributed by atoms with van der Waals surface area (Å²) in [4.78, 5) is 15.5. The van der Waals surface area contributed by atoms with Crippen molar-refractivity contribution in [2.75, 3.05) is 0 Å². The minimum atomic E-state index is -0.589. The number of rotatable bonds is 4. The number of para-hydroxylation sites is 4. The predicted molar refractivity (Wildman–Crippen MR) is 228 cm³/mol. The van der Waals surface area contributed by atoms with Crippen LogP contribution in [-0.4, -0.2) is 19.5 Å². The van der Waals surface area contributed by atoms with Crippen LogP contribution in [0.5, 0.6) is 11.5 Å². The van der Waals surface area contributed by atoms with Gasteiger partial charge in [0.05, 0.1) is 22.0 Å². The average Bonchev–Trinajstić information content (AvgIpc) is 3.78. The Hall–Kier alpha value is -7.63. The summed E-state index contributed by atoms with van der Waals surface area (Å²) in [6.45, 7) is 0. The smallest absolute Gasteiger partial charge is 0.167 e. The number of fused-ring (bicyclic) bond motifs is 12. The molecule has 0 fully saturated rings. The van der Waals surface area contributed by atoms with Crippen molar-refractivity contribution in [2.45, 2.75) is 5.41 Å². The van der Waals surface area contributed by atoms with Gasteiger partial charge in [0.1, 0.15) is 11.5 Å². The van der Waals surface area contributed by atoms with Gasteiger partial charge >= 0.3 is 0 Å². The van der Waals surface area contributed by atoms with Gasteiger partial charge in [-0.25, -0.2) is 15.0 Å². The van der Waals surface area contributed by atoms with Crippen LogP contribution >= 0.6 is 0 Å². The molecule has 10 aromatic rings. The molecule has 57 heavy (non-hydrogen) atoms. The Bertz CT molecular complexity index is 3120. The highest BCUT2D eigenvalue weighted by Crippen LogP contribution is 2.63. The molecule has 5 nitrogen and oxygen atoms in total. The number of aromatic nitrogens is 4. The zero-order chi connectivity index (χ0) is 37.5. The SMILES string of the molecule is c1ccc(-c2nc(-c3ccc(-n4c5ccccc5c5ccccc54)cc3)nc(-c3cccc4c3Oc3ccccc3C43c4ccccc4-c4ccccc43)n2)cc1. The fourth-order valence-corrected chi connectivity index (χ4v) is 9.36. The number of hydrogen-bond donors (Lipinski definition) is 0. The summed E-state index contributed by atoms with van der Waals surface area (Å²) >= 11 is 0. The van der Waals surface area contributed by atoms with E-state index in [2.05, 4.69) is 162 Å². The molecular weight excluding hydrogens is 697 g/mol. The molecule has 0 atom stereocenters. The minimum absolute atomic E-state index is 0.552. The average molecular weight is 729 g/mol. The lowest BCUT2D eigenvalue weighted by Crippen LogP contribution is -2.32. The van der Waals surface area contributed by atoms with E-state index >= 15 is 0 Å². The first-order chi connectivity index (χ1) is 28.3. The number of nitrogens with zero attached hydrogens (tertiary/aromatic N) is 4. The van der Waals surface area contributed by atoms with E-state index in [0.29, 0.717) is 17.5 Å². The highest BCUT2D eigenvalue weighted by Gasteiger charge is 2.51. The largest absolute Gasteiger partial charge is 0.456 e. The molecule has 5 heteroatoms. The van der Waals surface area contributed by atoms with Crippen molar-refractivity contribution in [3.05, 3.63) is 216 Å². The summed E-state index contributed by atoms with van der Waals surface area (Å²) in [5.74, 6) is 3.31. The van der Waals surface area contributed by atoms with Gasteiger partial charge < -0.3 is 9.30 Å². The van der Waals surface area contributed by atoms with Gasteiger partial charge in [-0.05, 0) is 70.8 Å². The molecule has 3 heterocycles. The Labute approximate surface area is 329 Å². The topological polar surface area (TPSA) is 52.8 Å². The fourth-order valence-electron chi connectivity index (χ4n) is 9.36. The minimum Gasteiger partial charge on any atom is -0.456 e. The summed E-state index contributed by atoms with van der Waals surface area (Å²) in [6.07, 6.45) is 0. The quantitative estimate of drug-likeness (QED) is 0.181. The summed E-state index contributed by atoms with van der Waals surface area (Å²) in [5, 5.41) is 2.46. The second-order valence-electron chi connectivity index (χ2n) is 14.7. The molecule has 1 spiro atoms. The maximum absolute atomic E-state index is 7.00. The summed E-state index contributed by atoms with van der Waals surface area (Å²) < 4.78 is 9.32. The Morgan fingerprint density at radius 2 is 0.860 bits per heavy atom. The van der Waals surface area contributed by atoms with Gasteiger partial charge in [-0.15, -0.1) is 0 Å². The first kappa shape index (κ1) is 31.7. The molecule has 0 radical (unpaired) electrons. The van der Waals surface area contributed by atoms with E-state index in [1.165, 1.54) is 44.1 Å². The van der Waals surface area contributed by atoms with Crippen LogP contribution in [0.2, 0.25) is 0 Å². The third kappa shape index (κ3) is 4.54. The molecule has 8 aromatic carbocycles. The molecule has 1 aliphatic carbocycles. The Kier molecular flexibility index (Phi) is 6.78. The van der Waals surface area contributed by atoms with Crippen LogP contribution in [0, 0.1) is 0 Å². The van der Waals surface area contributed by atoms with E-state index in [1.807, 2.05) is 36.4 Å². The zero-order valence-corrected chi connectivity index (χ0v) is 30.7. The van der Waals surface area contributed by atoms with Crippen molar-refractivity contribution in [2.24, 2.45) is 0 Å². The first-order valence-corrected chi connectivity index (χ1v) is 19.3. The van der Waals surface area contributed by atoms with Gasteiger partial charge in [-0.1, -0.05) is 146 Å². The molecule has 0 saturated heterocycles. The van der Waals surface area contributed by atoms with Crippen LogP contribution in [0.4, 0.5) is 0 Å². The van der Waals surface area contributed by atoms with Crippen molar-refractivity contribution in [1.29, 1.82) is 0 Å². The maximum atomic E-state index is 7.00. The molecule has 0 saturated carbocycles. The highest BCUT2D eigenvalue weighted by molar-refractivity contribution is 6.09. The van der Waals surface area contributed by atoms with E-state index in [9.17, 15) is 0 Å². The van der Waals surface area contributed by atoms with Crippen molar-refractivity contribution >= 4 is 21.8 Å². The summed E-state index contributed by atoms with van der Waals surface area (Å²) in [5.41, 5.74) is 12.6. The van der Waals surface area contributed by atoms with Gasteiger partial charge in [0.15, 0.2) is 17.5 Å². The van der Waals surface area contributed by atoms with E-state index in [-0.39, 0.29) is 0 Å². The molecule has 0 N–H and O–H groups in total. The Morgan fingerprint density at radius 3 is 1.53 bits per heavy atom. The third-order valence-electron chi connectivity index (χ3n) is 11.7. The second-order valence-corrected chi connectivity index (χ2v) is 14.7. The van der Waals surface area contributed by atoms with E-state index in [0.717, 1.165) is 45.0 Å². The van der Waals surface area contributed by atoms with E-state index in [4.69, 9.17) is 19.7 Å². The van der Waals surface area contributed by atoms with Crippen molar-refractivity contribution in [1.82, 2.24) is 19.5 Å². The molecule has 0 bridgehead atoms. The van der Waals surface area contributed by atoms with Crippen LogP contribution < -0.4 is 4.74 Å². The van der Waals surface area contributed by atoms with Gasteiger partial charge in [-0.3, -0.25) is 0 Å².